The number of methoxy groups -OCH3 is 1. The van der Waals surface area contributed by atoms with Gasteiger partial charge in [0.25, 0.3) is 0 Å². The van der Waals surface area contributed by atoms with Gasteiger partial charge in [0.15, 0.2) is 0 Å². The molecular weight excluding hydrogens is 196 g/mol. The van der Waals surface area contributed by atoms with E-state index in [0.29, 0.717) is 6.04 Å². The summed E-state index contributed by atoms with van der Waals surface area (Å²) in [4.78, 5) is 11.1. The number of rotatable bonds is 6. The van der Waals surface area contributed by atoms with E-state index in [4.69, 9.17) is 0 Å². The Labute approximate surface area is 87.5 Å². The summed E-state index contributed by atoms with van der Waals surface area (Å²) in [6.45, 7) is 6.47. The lowest BCUT2D eigenvalue weighted by atomic mass is 10.4. The molecule has 0 aromatic rings. The monoisotopic (exact) mass is 218 g/mol. The van der Waals surface area contributed by atoms with E-state index in [2.05, 4.69) is 25.5 Å². The van der Waals surface area contributed by atoms with Gasteiger partial charge >= 0.3 is 5.97 Å². The maximum Gasteiger partial charge on any atom is 0.334 e. The molecule has 0 aliphatic rings. The highest BCUT2D eigenvalue weighted by atomic mass is 28.3. The largest absolute Gasteiger partial charge is 0.467 e. The number of hydrogen-bond acceptors (Lipinski definition) is 3. The first-order chi connectivity index (χ1) is 6.55. The van der Waals surface area contributed by atoms with Crippen LogP contribution in [0.1, 0.15) is 20.8 Å². The smallest absolute Gasteiger partial charge is 0.334 e. The molecule has 0 spiro atoms. The van der Waals surface area contributed by atoms with Crippen molar-refractivity contribution >= 4 is 14.0 Å². The lowest BCUT2D eigenvalue weighted by molar-refractivity contribution is -0.149. The van der Waals surface area contributed by atoms with Crippen molar-refractivity contribution in [3.63, 3.8) is 0 Å². The Morgan fingerprint density at radius 3 is 2.00 bits per heavy atom. The molecule has 0 aliphatic carbocycles. The van der Waals surface area contributed by atoms with Gasteiger partial charge < -0.3 is 9.84 Å². The van der Waals surface area contributed by atoms with Gasteiger partial charge in [0, 0.05) is 0 Å². The van der Waals surface area contributed by atoms with Gasteiger partial charge in [0.05, 0.1) is 15.2 Å². The Balaban J connectivity index is 4.36. The van der Waals surface area contributed by atoms with Gasteiger partial charge in [0.1, 0.15) is 6.10 Å². The normalized spacial score (nSPS) is 13.8. The van der Waals surface area contributed by atoms with Gasteiger partial charge in [-0.15, -0.1) is 0 Å². The van der Waals surface area contributed by atoms with Crippen LogP contribution in [0.5, 0.6) is 0 Å². The number of carbonyl (C=O) groups is 1. The van der Waals surface area contributed by atoms with Crippen molar-refractivity contribution in [2.24, 2.45) is 0 Å². The highest BCUT2D eigenvalue weighted by Gasteiger charge is 2.32. The van der Waals surface area contributed by atoms with E-state index in [-0.39, 0.29) is 0 Å². The van der Waals surface area contributed by atoms with Gasteiger partial charge in [-0.05, 0) is 6.04 Å². The summed E-state index contributed by atoms with van der Waals surface area (Å²) in [6, 6.07) is 4.00. The molecule has 0 aromatic carbocycles. The SMILES string of the molecule is CC[Si](CC)(CC)CC(O)C(=O)OC. The van der Waals surface area contributed by atoms with Crippen molar-refractivity contribution < 1.29 is 14.6 Å². The molecule has 0 amide bonds. The Hall–Kier alpha value is -0.353. The lowest BCUT2D eigenvalue weighted by Crippen LogP contribution is -2.38. The Bertz CT molecular complexity index is 170. The van der Waals surface area contributed by atoms with Crippen LogP contribution >= 0.6 is 0 Å². The summed E-state index contributed by atoms with van der Waals surface area (Å²) in [5, 5.41) is 9.61. The molecule has 3 nitrogen and oxygen atoms in total. The zero-order chi connectivity index (χ0) is 11.2. The summed E-state index contributed by atoms with van der Waals surface area (Å²) in [5.41, 5.74) is 0. The first kappa shape index (κ1) is 13.6. The number of hydrogen-bond donors (Lipinski definition) is 1. The third-order valence-electron chi connectivity index (χ3n) is 3.35. The van der Waals surface area contributed by atoms with Crippen molar-refractivity contribution in [2.45, 2.75) is 51.1 Å². The van der Waals surface area contributed by atoms with Crippen molar-refractivity contribution in [1.29, 1.82) is 0 Å². The molecule has 0 fully saturated rings. The second kappa shape index (κ2) is 6.19. The summed E-state index contributed by atoms with van der Waals surface area (Å²) in [7, 11) is -0.0923. The van der Waals surface area contributed by atoms with E-state index >= 15 is 0 Å². The fourth-order valence-electron chi connectivity index (χ4n) is 1.81. The van der Waals surface area contributed by atoms with Gasteiger partial charge in [-0.1, -0.05) is 38.9 Å². The molecule has 84 valence electrons. The van der Waals surface area contributed by atoms with Crippen LogP contribution in [-0.4, -0.2) is 32.4 Å². The van der Waals surface area contributed by atoms with Crippen LogP contribution in [0.15, 0.2) is 0 Å². The van der Waals surface area contributed by atoms with Crippen molar-refractivity contribution in [3.05, 3.63) is 0 Å². The fourth-order valence-corrected chi connectivity index (χ4v) is 5.17. The van der Waals surface area contributed by atoms with Crippen LogP contribution in [0.4, 0.5) is 0 Å². The molecule has 0 bridgehead atoms. The number of aliphatic hydroxyl groups is 1. The second-order valence-corrected chi connectivity index (χ2v) is 9.33. The van der Waals surface area contributed by atoms with E-state index in [1.807, 2.05) is 0 Å². The standard InChI is InChI=1S/C10H22O3Si/c1-5-14(6-2,7-3)8-9(11)10(12)13-4/h9,11H,5-8H2,1-4H3. The summed E-state index contributed by atoms with van der Waals surface area (Å²) >= 11 is 0. The van der Waals surface area contributed by atoms with E-state index in [1.54, 1.807) is 0 Å². The maximum absolute atomic E-state index is 11.1. The first-order valence-corrected chi connectivity index (χ1v) is 8.14. The van der Waals surface area contributed by atoms with E-state index in [1.165, 1.54) is 7.11 Å². The molecule has 0 heterocycles. The molecular formula is C10H22O3Si. The average Bonchev–Trinajstić information content (AvgIpc) is 2.24. The van der Waals surface area contributed by atoms with Crippen LogP contribution in [0.25, 0.3) is 0 Å². The Morgan fingerprint density at radius 1 is 1.29 bits per heavy atom. The number of carbonyl (C=O) groups excluding carboxylic acids is 1. The van der Waals surface area contributed by atoms with Gasteiger partial charge in [-0.2, -0.15) is 0 Å². The molecule has 1 unspecified atom stereocenters. The summed E-state index contributed by atoms with van der Waals surface area (Å²) in [5.74, 6) is -0.489. The van der Waals surface area contributed by atoms with Gasteiger partial charge in [0.2, 0.25) is 0 Å². The van der Waals surface area contributed by atoms with Crippen LogP contribution in [0.3, 0.4) is 0 Å². The van der Waals surface area contributed by atoms with Crippen LogP contribution in [0.2, 0.25) is 24.2 Å². The van der Waals surface area contributed by atoms with Crippen molar-refractivity contribution in [3.8, 4) is 0 Å². The predicted molar refractivity (Wildman–Crippen MR) is 60.0 cm³/mol. The summed E-state index contributed by atoms with van der Waals surface area (Å²) in [6.07, 6.45) is -0.911. The molecule has 1 N–H and O–H groups in total. The summed E-state index contributed by atoms with van der Waals surface area (Å²) < 4.78 is 4.52. The molecule has 0 aromatic heterocycles. The number of aliphatic hydroxyl groups excluding tert-OH is 1. The van der Waals surface area contributed by atoms with Crippen LogP contribution in [-0.2, 0) is 9.53 Å². The van der Waals surface area contributed by atoms with Crippen molar-refractivity contribution in [1.82, 2.24) is 0 Å². The minimum Gasteiger partial charge on any atom is -0.467 e. The van der Waals surface area contributed by atoms with Crippen LogP contribution in [0, 0.1) is 0 Å². The van der Waals surface area contributed by atoms with Gasteiger partial charge in [-0.3, -0.25) is 0 Å². The van der Waals surface area contributed by atoms with Crippen molar-refractivity contribution in [2.75, 3.05) is 7.11 Å². The average molecular weight is 218 g/mol. The van der Waals surface area contributed by atoms with Gasteiger partial charge in [-0.25, -0.2) is 4.79 Å². The first-order valence-electron chi connectivity index (χ1n) is 5.31. The molecule has 0 radical (unpaired) electrons. The minimum absolute atomic E-state index is 0.489. The molecule has 0 saturated carbocycles. The molecule has 0 rings (SSSR count). The van der Waals surface area contributed by atoms with E-state index in [9.17, 15) is 9.90 Å². The highest BCUT2D eigenvalue weighted by molar-refractivity contribution is 6.80. The quantitative estimate of drug-likeness (QED) is 0.548. The minimum atomic E-state index is -1.41. The van der Waals surface area contributed by atoms with E-state index < -0.39 is 20.1 Å². The fraction of sp³-hybridized carbons (Fsp3) is 0.900. The third kappa shape index (κ3) is 3.42. The number of ether oxygens (including phenoxy) is 1. The maximum atomic E-state index is 11.1. The van der Waals surface area contributed by atoms with Crippen LogP contribution < -0.4 is 0 Å². The second-order valence-electron chi connectivity index (χ2n) is 3.80. The molecule has 1 atom stereocenters. The Morgan fingerprint density at radius 2 is 1.71 bits per heavy atom. The zero-order valence-corrected chi connectivity index (χ0v) is 10.7. The zero-order valence-electron chi connectivity index (χ0n) is 9.67. The number of esters is 1. The van der Waals surface area contributed by atoms with E-state index in [0.717, 1.165) is 18.1 Å². The third-order valence-corrected chi connectivity index (χ3v) is 9.10. The molecule has 14 heavy (non-hydrogen) atoms. The highest BCUT2D eigenvalue weighted by Crippen LogP contribution is 2.26. The molecule has 0 saturated heterocycles. The Kier molecular flexibility index (Phi) is 6.03. The lowest BCUT2D eigenvalue weighted by Gasteiger charge is -2.29. The predicted octanol–water partition coefficient (Wildman–Crippen LogP) is 2.03. The topological polar surface area (TPSA) is 46.5 Å². The molecule has 4 heteroatoms. The molecule has 0 aliphatic heterocycles.